The smallest absolute Gasteiger partial charge is 0.355 e. The second kappa shape index (κ2) is 4.36. The molecular weight excluding hydrogens is 274 g/mol. The van der Waals surface area contributed by atoms with Crippen molar-refractivity contribution in [2.75, 3.05) is 0 Å². The van der Waals surface area contributed by atoms with Gasteiger partial charge in [0.1, 0.15) is 0 Å². The molecule has 80 valence electrons. The summed E-state index contributed by atoms with van der Waals surface area (Å²) in [6.07, 6.45) is 4.62. The van der Waals surface area contributed by atoms with Crippen LogP contribution in [-0.4, -0.2) is 26.0 Å². The summed E-state index contributed by atoms with van der Waals surface area (Å²) in [7, 11) is 0. The van der Waals surface area contributed by atoms with E-state index in [0.717, 1.165) is 5.56 Å². The van der Waals surface area contributed by atoms with Crippen molar-refractivity contribution in [2.45, 2.75) is 0 Å². The number of hydrogen-bond donors (Lipinski definition) is 1. The molecule has 0 atom stereocenters. The highest BCUT2D eigenvalue weighted by molar-refractivity contribution is 9.10. The summed E-state index contributed by atoms with van der Waals surface area (Å²) in [5.41, 5.74) is 0.673. The van der Waals surface area contributed by atoms with Crippen LogP contribution in [0.1, 0.15) is 10.5 Å². The van der Waals surface area contributed by atoms with Gasteiger partial charge >= 0.3 is 5.97 Å². The van der Waals surface area contributed by atoms with E-state index in [1.807, 2.05) is 0 Å². The fourth-order valence-electron chi connectivity index (χ4n) is 1.16. The molecule has 5 nitrogen and oxygen atoms in total. The van der Waals surface area contributed by atoms with Crippen molar-refractivity contribution in [3.05, 3.63) is 40.9 Å². The van der Waals surface area contributed by atoms with Gasteiger partial charge in [-0.05, 0) is 28.1 Å². The molecule has 2 aromatic heterocycles. The van der Waals surface area contributed by atoms with Gasteiger partial charge < -0.3 is 5.11 Å². The molecular formula is C10H6BrN3O2. The molecule has 2 heterocycles. The Balaban J connectivity index is 2.52. The number of halogens is 1. The zero-order valence-electron chi connectivity index (χ0n) is 7.96. The standard InChI is InChI=1S/C10H6BrN3O2/c11-7-5-13-9(14-8(7)10(15)16)6-1-3-12-4-2-6/h1-5H,(H,15,16). The summed E-state index contributed by atoms with van der Waals surface area (Å²) < 4.78 is 0.359. The Hall–Kier alpha value is -1.82. The van der Waals surface area contributed by atoms with E-state index in [-0.39, 0.29) is 5.69 Å². The molecule has 0 aromatic carbocycles. The molecule has 0 bridgehead atoms. The number of aromatic nitrogens is 3. The normalized spacial score (nSPS) is 10.1. The van der Waals surface area contributed by atoms with Gasteiger partial charge in [0.05, 0.1) is 4.47 Å². The first-order valence-electron chi connectivity index (χ1n) is 4.34. The molecule has 0 aliphatic heterocycles. The minimum atomic E-state index is -1.09. The lowest BCUT2D eigenvalue weighted by Crippen LogP contribution is -2.04. The Morgan fingerprint density at radius 2 is 2.00 bits per heavy atom. The number of pyridine rings is 1. The van der Waals surface area contributed by atoms with E-state index in [1.54, 1.807) is 24.5 Å². The molecule has 0 aliphatic carbocycles. The third kappa shape index (κ3) is 2.06. The third-order valence-electron chi connectivity index (χ3n) is 1.89. The summed E-state index contributed by atoms with van der Waals surface area (Å²) in [5.74, 6) is -0.729. The lowest BCUT2D eigenvalue weighted by Gasteiger charge is -2.02. The topological polar surface area (TPSA) is 76.0 Å². The first kappa shape index (κ1) is 10.7. The molecule has 0 aliphatic rings. The Morgan fingerprint density at radius 3 is 2.62 bits per heavy atom. The molecule has 16 heavy (non-hydrogen) atoms. The highest BCUT2D eigenvalue weighted by atomic mass is 79.9. The van der Waals surface area contributed by atoms with Crippen molar-refractivity contribution in [3.8, 4) is 11.4 Å². The van der Waals surface area contributed by atoms with E-state index in [0.29, 0.717) is 10.3 Å². The second-order valence-electron chi connectivity index (χ2n) is 2.93. The van der Waals surface area contributed by atoms with Gasteiger partial charge in [0.25, 0.3) is 0 Å². The predicted octanol–water partition coefficient (Wildman–Crippen LogP) is 2.00. The number of rotatable bonds is 2. The number of hydrogen-bond acceptors (Lipinski definition) is 4. The van der Waals surface area contributed by atoms with Gasteiger partial charge in [0.2, 0.25) is 0 Å². The Labute approximate surface area is 99.3 Å². The number of nitrogens with zero attached hydrogens (tertiary/aromatic N) is 3. The van der Waals surface area contributed by atoms with Crippen LogP contribution in [0.2, 0.25) is 0 Å². The quantitative estimate of drug-likeness (QED) is 0.910. The fourth-order valence-corrected chi connectivity index (χ4v) is 1.52. The molecule has 0 unspecified atom stereocenters. The summed E-state index contributed by atoms with van der Waals surface area (Å²) in [6, 6.07) is 3.43. The van der Waals surface area contributed by atoms with Gasteiger partial charge in [-0.3, -0.25) is 4.98 Å². The summed E-state index contributed by atoms with van der Waals surface area (Å²) in [5, 5.41) is 8.90. The minimum absolute atomic E-state index is 0.0539. The molecule has 0 fully saturated rings. The zero-order valence-corrected chi connectivity index (χ0v) is 9.55. The van der Waals surface area contributed by atoms with Crippen molar-refractivity contribution in [2.24, 2.45) is 0 Å². The fraction of sp³-hybridized carbons (Fsp3) is 0. The Bertz CT molecular complexity index is 531. The average molecular weight is 280 g/mol. The molecule has 0 radical (unpaired) electrons. The maximum Gasteiger partial charge on any atom is 0.355 e. The van der Waals surface area contributed by atoms with E-state index in [4.69, 9.17) is 5.11 Å². The lowest BCUT2D eigenvalue weighted by atomic mass is 10.2. The summed E-state index contributed by atoms with van der Waals surface area (Å²) >= 11 is 3.09. The van der Waals surface area contributed by atoms with E-state index < -0.39 is 5.97 Å². The molecule has 0 spiro atoms. The van der Waals surface area contributed by atoms with Gasteiger partial charge in [-0.1, -0.05) is 0 Å². The average Bonchev–Trinajstić information content (AvgIpc) is 2.30. The maximum atomic E-state index is 10.9. The number of aromatic carboxylic acids is 1. The van der Waals surface area contributed by atoms with Crippen molar-refractivity contribution in [3.63, 3.8) is 0 Å². The van der Waals surface area contributed by atoms with E-state index in [9.17, 15) is 4.79 Å². The van der Waals surface area contributed by atoms with Gasteiger partial charge in [-0.15, -0.1) is 0 Å². The van der Waals surface area contributed by atoms with Crippen molar-refractivity contribution in [1.82, 2.24) is 15.0 Å². The van der Waals surface area contributed by atoms with Crippen LogP contribution in [-0.2, 0) is 0 Å². The first-order chi connectivity index (χ1) is 7.68. The lowest BCUT2D eigenvalue weighted by molar-refractivity contribution is 0.0689. The molecule has 0 amide bonds. The summed E-state index contributed by atoms with van der Waals surface area (Å²) in [6.45, 7) is 0. The SMILES string of the molecule is O=C(O)c1nc(-c2ccncc2)ncc1Br. The first-order valence-corrected chi connectivity index (χ1v) is 5.14. The van der Waals surface area contributed by atoms with E-state index in [2.05, 4.69) is 30.9 Å². The van der Waals surface area contributed by atoms with Crippen LogP contribution in [0.4, 0.5) is 0 Å². The monoisotopic (exact) mass is 279 g/mol. The van der Waals surface area contributed by atoms with Gasteiger partial charge in [0.15, 0.2) is 11.5 Å². The van der Waals surface area contributed by atoms with Gasteiger partial charge in [-0.25, -0.2) is 14.8 Å². The number of carboxylic acids is 1. The highest BCUT2D eigenvalue weighted by Gasteiger charge is 2.12. The van der Waals surface area contributed by atoms with Crippen molar-refractivity contribution < 1.29 is 9.90 Å². The molecule has 0 saturated heterocycles. The van der Waals surface area contributed by atoms with E-state index in [1.165, 1.54) is 6.20 Å². The van der Waals surface area contributed by atoms with Crippen LogP contribution in [0.15, 0.2) is 35.2 Å². The van der Waals surface area contributed by atoms with Crippen LogP contribution in [0.25, 0.3) is 11.4 Å². The molecule has 0 saturated carbocycles. The minimum Gasteiger partial charge on any atom is -0.476 e. The van der Waals surface area contributed by atoms with Crippen LogP contribution in [0.5, 0.6) is 0 Å². The highest BCUT2D eigenvalue weighted by Crippen LogP contribution is 2.18. The van der Waals surface area contributed by atoms with Crippen LogP contribution in [0, 0.1) is 0 Å². The molecule has 2 aromatic rings. The largest absolute Gasteiger partial charge is 0.476 e. The molecule has 2 rings (SSSR count). The van der Waals surface area contributed by atoms with Crippen molar-refractivity contribution >= 4 is 21.9 Å². The van der Waals surface area contributed by atoms with Gasteiger partial charge in [-0.2, -0.15) is 0 Å². The van der Waals surface area contributed by atoms with Gasteiger partial charge in [0, 0.05) is 24.2 Å². The second-order valence-corrected chi connectivity index (χ2v) is 3.79. The zero-order chi connectivity index (χ0) is 11.5. The molecule has 6 heteroatoms. The van der Waals surface area contributed by atoms with Crippen LogP contribution < -0.4 is 0 Å². The van der Waals surface area contributed by atoms with Crippen LogP contribution >= 0.6 is 15.9 Å². The number of carbonyl (C=O) groups is 1. The summed E-state index contributed by atoms with van der Waals surface area (Å²) in [4.78, 5) is 22.7. The Kier molecular flexibility index (Phi) is 2.91. The Morgan fingerprint density at radius 1 is 1.31 bits per heavy atom. The third-order valence-corrected chi connectivity index (χ3v) is 2.47. The number of carboxylic acid groups (broad SMARTS) is 1. The maximum absolute atomic E-state index is 10.9. The van der Waals surface area contributed by atoms with Crippen LogP contribution in [0.3, 0.4) is 0 Å². The molecule has 1 N–H and O–H groups in total. The van der Waals surface area contributed by atoms with E-state index >= 15 is 0 Å². The van der Waals surface area contributed by atoms with Crippen molar-refractivity contribution in [1.29, 1.82) is 0 Å². The predicted molar refractivity (Wildman–Crippen MR) is 59.9 cm³/mol.